The summed E-state index contributed by atoms with van der Waals surface area (Å²) in [4.78, 5) is 180. The molecule has 1 aromatic heterocycles. The quantitative estimate of drug-likeness (QED) is 0.0512. The van der Waals surface area contributed by atoms with Crippen molar-refractivity contribution >= 4 is 81.9 Å². The molecule has 15 N–H and O–H groups in total. The second-order valence-corrected chi connectivity index (χ2v) is 25.2. The molecule has 0 unspecified atom stereocenters. The predicted octanol–water partition coefficient (Wildman–Crippen LogP) is 0.933. The number of primary amides is 1. The number of aromatic hydroxyl groups is 1. The van der Waals surface area contributed by atoms with Crippen molar-refractivity contribution in [1.82, 2.24) is 57.3 Å². The van der Waals surface area contributed by atoms with Gasteiger partial charge in [-0.05, 0) is 111 Å². The molecule has 27 nitrogen and oxygen atoms in total. The normalized spacial score (nSPS) is 24.1. The number of aromatic nitrogens is 1. The zero-order chi connectivity index (χ0) is 69.0. The number of fused-ring (bicyclic) bond motifs is 3. The Balaban J connectivity index is 1.21. The maximum atomic E-state index is 15.2. The lowest BCUT2D eigenvalue weighted by molar-refractivity contribution is -0.148. The van der Waals surface area contributed by atoms with Gasteiger partial charge in [-0.2, -0.15) is 0 Å². The van der Waals surface area contributed by atoms with E-state index in [0.29, 0.717) is 58.8 Å². The van der Waals surface area contributed by atoms with Gasteiger partial charge in [-0.15, -0.1) is 0 Å². The topological polar surface area (TPSA) is 416 Å². The van der Waals surface area contributed by atoms with Crippen molar-refractivity contribution in [3.8, 4) is 5.75 Å². The van der Waals surface area contributed by atoms with E-state index in [-0.39, 0.29) is 82.7 Å². The molecule has 11 amide bonds. The first-order valence-corrected chi connectivity index (χ1v) is 32.7. The fourth-order valence-corrected chi connectivity index (χ4v) is 12.5. The van der Waals surface area contributed by atoms with Crippen molar-refractivity contribution in [3.05, 3.63) is 138 Å². The second kappa shape index (κ2) is 34.3. The van der Waals surface area contributed by atoms with Crippen LogP contribution in [0.25, 0.3) is 10.9 Å². The summed E-state index contributed by atoms with van der Waals surface area (Å²) in [5, 5.41) is 42.5. The SMILES string of the molecule is CC(C)C[C@@H]1NC(=O)[C@H](Cc2c[nH]c3ccccc23)NC(=O)[C@H](CCCCN)NC(=O)[C@H](Cc2ccccc2)NC(=O)[C@@H]2CCCN2C(=O)[C@H]2CCCN2C(=O)[C@H](Cc2ccccc2)NC(=O)[C@H](CCC(=O)O)NC(=O)[C@H](Cc2ccc(O)cc2)NC(=O)[C@H](CC(N)=O)NC1=O. The number of carboxylic acids is 1. The lowest BCUT2D eigenvalue weighted by Crippen LogP contribution is -2.62. The maximum Gasteiger partial charge on any atom is 0.303 e. The molecule has 0 aliphatic carbocycles. The zero-order valence-electron chi connectivity index (χ0n) is 53.9. The van der Waals surface area contributed by atoms with E-state index in [0.717, 1.165) is 0 Å². The van der Waals surface area contributed by atoms with E-state index in [1.807, 2.05) is 18.2 Å². The molecule has 3 aliphatic rings. The average Bonchev–Trinajstić information content (AvgIpc) is 1.65. The number of benzene rings is 4. The third-order valence-corrected chi connectivity index (χ3v) is 17.5. The monoisotopic (exact) mass is 1320 g/mol. The van der Waals surface area contributed by atoms with Crippen LogP contribution in [0.4, 0.5) is 0 Å². The number of hydrogen-bond donors (Lipinski definition) is 13. The number of carbonyl (C=O) groups excluding carboxylic acids is 11. The highest BCUT2D eigenvalue weighted by Crippen LogP contribution is 2.27. The molecule has 0 saturated carbocycles. The van der Waals surface area contributed by atoms with Crippen molar-refractivity contribution in [2.45, 2.75) is 171 Å². The van der Waals surface area contributed by atoms with E-state index in [2.05, 4.69) is 47.5 Å². The van der Waals surface area contributed by atoms with Crippen LogP contribution in [-0.2, 0) is 83.2 Å². The smallest absolute Gasteiger partial charge is 0.303 e. The first-order valence-electron chi connectivity index (χ1n) is 32.7. The Morgan fingerprint density at radius 2 is 0.948 bits per heavy atom. The molecule has 5 aromatic rings. The summed E-state index contributed by atoms with van der Waals surface area (Å²) < 4.78 is 0. The molecule has 4 aromatic carbocycles. The van der Waals surface area contributed by atoms with E-state index >= 15 is 19.2 Å². The minimum absolute atomic E-state index is 0.0179. The van der Waals surface area contributed by atoms with Gasteiger partial charge in [0.25, 0.3) is 0 Å². The number of aliphatic carboxylic acids is 1. The van der Waals surface area contributed by atoms with Gasteiger partial charge in [-0.1, -0.05) is 105 Å². The van der Waals surface area contributed by atoms with Crippen LogP contribution in [-0.4, -0.2) is 176 Å². The van der Waals surface area contributed by atoms with Gasteiger partial charge in [0.15, 0.2) is 0 Å². The molecule has 96 heavy (non-hydrogen) atoms. The molecule has 3 aliphatic heterocycles. The maximum absolute atomic E-state index is 15.2. The Bertz CT molecular complexity index is 3590. The fourth-order valence-electron chi connectivity index (χ4n) is 12.5. The molecular weight excluding hydrogens is 1230 g/mol. The minimum Gasteiger partial charge on any atom is -0.508 e. The van der Waals surface area contributed by atoms with Crippen LogP contribution in [0.15, 0.2) is 115 Å². The van der Waals surface area contributed by atoms with Crippen molar-refractivity contribution in [2.24, 2.45) is 17.4 Å². The third-order valence-electron chi connectivity index (χ3n) is 17.5. The Morgan fingerprint density at radius 3 is 1.52 bits per heavy atom. The number of nitrogens with zero attached hydrogens (tertiary/aromatic N) is 2. The predicted molar refractivity (Wildman–Crippen MR) is 352 cm³/mol. The van der Waals surface area contributed by atoms with Crippen LogP contribution in [0.5, 0.6) is 5.75 Å². The molecule has 0 bridgehead atoms. The Hall–Kier alpha value is -10.2. The van der Waals surface area contributed by atoms with Gasteiger partial charge in [-0.25, -0.2) is 0 Å². The fraction of sp³-hybridized carbons (Fsp3) is 0.449. The lowest BCUT2D eigenvalue weighted by Gasteiger charge is -2.34. The van der Waals surface area contributed by atoms with E-state index < -0.39 is 151 Å². The molecular formula is C69H87N13O14. The average molecular weight is 1320 g/mol. The van der Waals surface area contributed by atoms with Gasteiger partial charge in [-0.3, -0.25) is 57.5 Å². The Morgan fingerprint density at radius 1 is 0.500 bits per heavy atom. The molecule has 4 heterocycles. The lowest BCUT2D eigenvalue weighted by atomic mass is 9.99. The number of carboxylic acid groups (broad SMARTS) is 1. The van der Waals surface area contributed by atoms with Gasteiger partial charge in [0, 0.05) is 62.3 Å². The molecule has 27 heteroatoms. The van der Waals surface area contributed by atoms with Crippen molar-refractivity contribution in [2.75, 3.05) is 19.6 Å². The number of rotatable bonds is 19. The molecule has 0 radical (unpaired) electrons. The molecule has 3 saturated heterocycles. The number of nitrogens with one attached hydrogen (secondary N) is 9. The van der Waals surface area contributed by atoms with Crippen LogP contribution >= 0.6 is 0 Å². The second-order valence-electron chi connectivity index (χ2n) is 25.2. The zero-order valence-corrected chi connectivity index (χ0v) is 53.9. The van der Waals surface area contributed by atoms with Crippen molar-refractivity contribution in [3.63, 3.8) is 0 Å². The third kappa shape index (κ3) is 19.9. The summed E-state index contributed by atoms with van der Waals surface area (Å²) in [6.07, 6.45) is 0.665. The van der Waals surface area contributed by atoms with Gasteiger partial charge in [0.2, 0.25) is 65.0 Å². The van der Waals surface area contributed by atoms with E-state index in [4.69, 9.17) is 11.5 Å². The van der Waals surface area contributed by atoms with Gasteiger partial charge < -0.3 is 79.0 Å². The first kappa shape index (κ1) is 71.7. The van der Waals surface area contributed by atoms with E-state index in [9.17, 15) is 48.6 Å². The largest absolute Gasteiger partial charge is 0.508 e. The molecule has 0 spiro atoms. The minimum atomic E-state index is -1.83. The summed E-state index contributed by atoms with van der Waals surface area (Å²) in [5.74, 6) is -11.5. The highest BCUT2D eigenvalue weighted by atomic mass is 16.4. The van der Waals surface area contributed by atoms with Crippen LogP contribution in [0, 0.1) is 5.92 Å². The highest BCUT2D eigenvalue weighted by molar-refractivity contribution is 6.01. The van der Waals surface area contributed by atoms with Gasteiger partial charge >= 0.3 is 5.97 Å². The molecule has 512 valence electrons. The number of hydrogen-bond acceptors (Lipinski definition) is 14. The van der Waals surface area contributed by atoms with Crippen molar-refractivity contribution in [1.29, 1.82) is 0 Å². The summed E-state index contributed by atoms with van der Waals surface area (Å²) in [6, 6.07) is 15.6. The number of para-hydroxylation sites is 1. The van der Waals surface area contributed by atoms with Crippen molar-refractivity contribution < 1.29 is 67.7 Å². The van der Waals surface area contributed by atoms with Gasteiger partial charge in [0.05, 0.1) is 6.42 Å². The number of phenolic OH excluding ortho intramolecular Hbond substituents is 1. The first-order chi connectivity index (χ1) is 46.0. The number of carbonyl (C=O) groups is 12. The summed E-state index contributed by atoms with van der Waals surface area (Å²) in [6.45, 7) is 3.92. The highest BCUT2D eigenvalue weighted by Gasteiger charge is 2.45. The van der Waals surface area contributed by atoms with E-state index in [1.54, 1.807) is 86.8 Å². The molecule has 8 rings (SSSR count). The summed E-state index contributed by atoms with van der Waals surface area (Å²) in [7, 11) is 0. The number of amides is 11. The standard InChI is InChI=1S/C69H87N13O14/c1-40(2)33-50-62(89)78-54(38-58(71)84)66(93)76-51(35-43-24-26-45(83)27-25-43)63(90)74-49(28-29-59(85)86)61(88)80-55(36-42-17-7-4-8-18-42)68(95)82-32-14-23-57(82)69(96)81-31-13-22-56(81)67(94)79-52(34-41-15-5-3-6-16-41)64(91)73-48(21-11-12-30-70)60(87)77-53(65(92)75-50)37-44-39-72-47-20-10-9-19-46(44)47/h3-10,15-20,24-27,39-40,48-57,72,83H,11-14,21-23,28-38,70H2,1-2H3,(H2,71,84)(H,73,91)(H,74,90)(H,75,92)(H,76,93)(H,77,87)(H,78,89)(H,79,94)(H,80,88)(H,85,86)/t48-,49-,50-,51-,52-,53-,54-,55-,56-,57+/m0/s1. The van der Waals surface area contributed by atoms with Gasteiger partial charge in [0.1, 0.15) is 66.2 Å². The van der Waals surface area contributed by atoms with Crippen LogP contribution in [0.2, 0.25) is 0 Å². The molecule has 3 fully saturated rings. The number of phenols is 1. The summed E-state index contributed by atoms with van der Waals surface area (Å²) in [5.41, 5.74) is 14.5. The Labute approximate surface area is 555 Å². The number of unbranched alkanes of at least 4 members (excludes halogenated alkanes) is 1. The van der Waals surface area contributed by atoms with Crippen LogP contribution in [0.3, 0.4) is 0 Å². The molecule has 10 atom stereocenters. The Kier molecular flexibility index (Phi) is 25.6. The van der Waals surface area contributed by atoms with Crippen LogP contribution in [0.1, 0.15) is 107 Å². The van der Waals surface area contributed by atoms with E-state index in [1.165, 1.54) is 34.1 Å². The summed E-state index contributed by atoms with van der Waals surface area (Å²) >= 11 is 0. The number of aromatic amines is 1. The van der Waals surface area contributed by atoms with Crippen LogP contribution < -0.4 is 54.0 Å². The number of H-pyrrole nitrogens is 1. The number of nitrogens with two attached hydrogens (primary N) is 2.